The fraction of sp³-hybridized carbons (Fsp3) is 0.154. The molecule has 9 heteroatoms. The standard InChI is InChI=1S/C26H21ClN4O3S/c1-3-33-20-11-6-12-21-24(20)29-26(35-21)31(15-17-8-7-13-28-14-17)25(32)22-16(2)34-30-23(22)18-9-4-5-10-19(18)27/h4-14H,3,15H2,1-2H3. The van der Waals surface area contributed by atoms with Crippen LogP contribution >= 0.6 is 22.9 Å². The molecule has 0 atom stereocenters. The molecule has 0 aliphatic rings. The van der Waals surface area contributed by atoms with Gasteiger partial charge in [-0.25, -0.2) is 4.98 Å². The summed E-state index contributed by atoms with van der Waals surface area (Å²) in [5.41, 5.74) is 2.93. The lowest BCUT2D eigenvalue weighted by molar-refractivity contribution is 0.0984. The van der Waals surface area contributed by atoms with Crippen molar-refractivity contribution in [2.75, 3.05) is 11.5 Å². The Balaban J connectivity index is 1.64. The third kappa shape index (κ3) is 4.50. The number of para-hydroxylation sites is 1. The Morgan fingerprint density at radius 3 is 2.77 bits per heavy atom. The first-order valence-corrected chi connectivity index (χ1v) is 12.2. The topological polar surface area (TPSA) is 81.4 Å². The van der Waals surface area contributed by atoms with Gasteiger partial charge in [0, 0.05) is 18.0 Å². The van der Waals surface area contributed by atoms with Gasteiger partial charge in [0.2, 0.25) is 0 Å². The minimum absolute atomic E-state index is 0.267. The first kappa shape index (κ1) is 23.0. The van der Waals surface area contributed by atoms with Crippen molar-refractivity contribution in [3.05, 3.63) is 88.9 Å². The average Bonchev–Trinajstić information content (AvgIpc) is 3.47. The van der Waals surface area contributed by atoms with E-state index in [1.54, 1.807) is 30.3 Å². The van der Waals surface area contributed by atoms with Crippen LogP contribution in [0.2, 0.25) is 5.02 Å². The number of carbonyl (C=O) groups is 1. The molecule has 1 amide bonds. The van der Waals surface area contributed by atoms with Gasteiger partial charge in [0.25, 0.3) is 5.91 Å². The maximum absolute atomic E-state index is 14.1. The average molecular weight is 505 g/mol. The van der Waals surface area contributed by atoms with E-state index in [4.69, 9.17) is 25.8 Å². The fourth-order valence-electron chi connectivity index (χ4n) is 3.80. The summed E-state index contributed by atoms with van der Waals surface area (Å²) in [6, 6.07) is 16.8. The smallest absolute Gasteiger partial charge is 0.266 e. The van der Waals surface area contributed by atoms with Crippen molar-refractivity contribution in [1.29, 1.82) is 0 Å². The second kappa shape index (κ2) is 9.85. The highest BCUT2D eigenvalue weighted by atomic mass is 35.5. The third-order valence-electron chi connectivity index (χ3n) is 5.42. The van der Waals surface area contributed by atoms with E-state index in [1.807, 2.05) is 55.5 Å². The van der Waals surface area contributed by atoms with Crippen LogP contribution in [0.25, 0.3) is 21.5 Å². The maximum Gasteiger partial charge on any atom is 0.266 e. The molecular weight excluding hydrogens is 484 g/mol. The SMILES string of the molecule is CCOc1cccc2sc(N(Cc3cccnc3)C(=O)c3c(-c4ccccc4Cl)noc3C)nc12. The van der Waals surface area contributed by atoms with Crippen LogP contribution in [0.5, 0.6) is 5.75 Å². The molecule has 5 rings (SSSR count). The number of aromatic nitrogens is 3. The summed E-state index contributed by atoms with van der Waals surface area (Å²) in [4.78, 5) is 24.8. The highest BCUT2D eigenvalue weighted by molar-refractivity contribution is 7.22. The van der Waals surface area contributed by atoms with Gasteiger partial charge in [0.15, 0.2) is 5.13 Å². The first-order valence-electron chi connectivity index (χ1n) is 11.0. The molecule has 3 heterocycles. The number of nitrogens with zero attached hydrogens (tertiary/aromatic N) is 4. The number of hydrogen-bond donors (Lipinski definition) is 0. The van der Waals surface area contributed by atoms with Gasteiger partial charge < -0.3 is 9.26 Å². The van der Waals surface area contributed by atoms with Gasteiger partial charge in [-0.05, 0) is 43.7 Å². The number of pyridine rings is 1. The van der Waals surface area contributed by atoms with E-state index in [9.17, 15) is 4.79 Å². The van der Waals surface area contributed by atoms with Crippen LogP contribution in [-0.2, 0) is 6.54 Å². The van der Waals surface area contributed by atoms with E-state index in [0.717, 1.165) is 10.3 Å². The van der Waals surface area contributed by atoms with Gasteiger partial charge in [0.05, 0.1) is 22.9 Å². The van der Waals surface area contributed by atoms with Crippen LogP contribution in [-0.4, -0.2) is 27.6 Å². The van der Waals surface area contributed by atoms with E-state index in [1.165, 1.54) is 11.3 Å². The molecule has 5 aromatic rings. The minimum Gasteiger partial charge on any atom is -0.492 e. The van der Waals surface area contributed by atoms with Crippen molar-refractivity contribution in [2.24, 2.45) is 0 Å². The molecule has 0 fully saturated rings. The second-order valence-electron chi connectivity index (χ2n) is 7.73. The number of hydrogen-bond acceptors (Lipinski definition) is 7. The molecule has 0 N–H and O–H groups in total. The molecule has 35 heavy (non-hydrogen) atoms. The number of ether oxygens (including phenoxy) is 1. The molecule has 0 saturated heterocycles. The fourth-order valence-corrected chi connectivity index (χ4v) is 5.00. The van der Waals surface area contributed by atoms with E-state index < -0.39 is 0 Å². The highest BCUT2D eigenvalue weighted by Gasteiger charge is 2.30. The Morgan fingerprint density at radius 1 is 1.14 bits per heavy atom. The molecule has 3 aromatic heterocycles. The Hall–Kier alpha value is -3.75. The van der Waals surface area contributed by atoms with E-state index in [2.05, 4.69) is 10.1 Å². The van der Waals surface area contributed by atoms with Crippen LogP contribution in [0, 0.1) is 6.92 Å². The van der Waals surface area contributed by atoms with Crippen molar-refractivity contribution in [3.8, 4) is 17.0 Å². The molecule has 0 aliphatic carbocycles. The van der Waals surface area contributed by atoms with Gasteiger partial charge in [-0.3, -0.25) is 14.7 Å². The summed E-state index contributed by atoms with van der Waals surface area (Å²) in [6.45, 7) is 4.43. The lowest BCUT2D eigenvalue weighted by Crippen LogP contribution is -2.31. The molecule has 0 spiro atoms. The molecule has 176 valence electrons. The number of thiazole rings is 1. The summed E-state index contributed by atoms with van der Waals surface area (Å²) in [6.07, 6.45) is 3.43. The van der Waals surface area contributed by atoms with Gasteiger partial charge >= 0.3 is 0 Å². The Bertz CT molecular complexity index is 1500. The second-order valence-corrected chi connectivity index (χ2v) is 9.14. The maximum atomic E-state index is 14.1. The normalized spacial score (nSPS) is 11.1. The van der Waals surface area contributed by atoms with Crippen molar-refractivity contribution in [1.82, 2.24) is 15.1 Å². The lowest BCUT2D eigenvalue weighted by Gasteiger charge is -2.20. The number of rotatable bonds is 7. The van der Waals surface area contributed by atoms with Crippen LogP contribution in [0.4, 0.5) is 5.13 Å². The zero-order valence-electron chi connectivity index (χ0n) is 19.1. The highest BCUT2D eigenvalue weighted by Crippen LogP contribution is 2.37. The summed E-state index contributed by atoms with van der Waals surface area (Å²) >= 11 is 7.85. The number of halogens is 1. The quantitative estimate of drug-likeness (QED) is 0.250. The zero-order chi connectivity index (χ0) is 24.4. The summed E-state index contributed by atoms with van der Waals surface area (Å²) in [5, 5.41) is 5.19. The predicted molar refractivity (Wildman–Crippen MR) is 137 cm³/mol. The predicted octanol–water partition coefficient (Wildman–Crippen LogP) is 6.55. The van der Waals surface area contributed by atoms with Gasteiger partial charge in [0.1, 0.15) is 28.3 Å². The Morgan fingerprint density at radius 2 is 2.00 bits per heavy atom. The lowest BCUT2D eigenvalue weighted by atomic mass is 10.0. The van der Waals surface area contributed by atoms with Gasteiger partial charge in [-0.15, -0.1) is 0 Å². The number of benzene rings is 2. The van der Waals surface area contributed by atoms with Crippen LogP contribution < -0.4 is 9.64 Å². The summed E-state index contributed by atoms with van der Waals surface area (Å²) < 4.78 is 12.2. The molecule has 0 radical (unpaired) electrons. The number of anilines is 1. The van der Waals surface area contributed by atoms with E-state index in [-0.39, 0.29) is 12.5 Å². The zero-order valence-corrected chi connectivity index (χ0v) is 20.6. The molecule has 0 bridgehead atoms. The Kier molecular flexibility index (Phi) is 6.48. The van der Waals surface area contributed by atoms with Gasteiger partial charge in [-0.1, -0.05) is 58.4 Å². The molecule has 7 nitrogen and oxygen atoms in total. The molecule has 0 unspecified atom stereocenters. The van der Waals surface area contributed by atoms with Crippen molar-refractivity contribution < 1.29 is 14.1 Å². The van der Waals surface area contributed by atoms with E-state index >= 15 is 0 Å². The first-order chi connectivity index (χ1) is 17.1. The molecule has 2 aromatic carbocycles. The van der Waals surface area contributed by atoms with Gasteiger partial charge in [-0.2, -0.15) is 0 Å². The number of amides is 1. The van der Waals surface area contributed by atoms with Crippen molar-refractivity contribution in [3.63, 3.8) is 0 Å². The number of carbonyl (C=O) groups excluding carboxylic acids is 1. The summed E-state index contributed by atoms with van der Waals surface area (Å²) in [7, 11) is 0. The summed E-state index contributed by atoms with van der Waals surface area (Å²) in [5.74, 6) is 0.788. The number of aryl methyl sites for hydroxylation is 1. The third-order valence-corrected chi connectivity index (χ3v) is 6.79. The molecular formula is C26H21ClN4O3S. The Labute approximate surface area is 210 Å². The van der Waals surface area contributed by atoms with Crippen LogP contribution in [0.15, 0.2) is 71.5 Å². The monoisotopic (exact) mass is 504 g/mol. The molecule has 0 aliphatic heterocycles. The number of fused-ring (bicyclic) bond motifs is 1. The molecule has 0 saturated carbocycles. The van der Waals surface area contributed by atoms with Crippen LogP contribution in [0.1, 0.15) is 28.6 Å². The van der Waals surface area contributed by atoms with E-state index in [0.29, 0.717) is 50.6 Å². The van der Waals surface area contributed by atoms with Crippen LogP contribution in [0.3, 0.4) is 0 Å². The largest absolute Gasteiger partial charge is 0.492 e. The van der Waals surface area contributed by atoms with Crippen molar-refractivity contribution in [2.45, 2.75) is 20.4 Å². The van der Waals surface area contributed by atoms with Crippen molar-refractivity contribution >= 4 is 44.2 Å². The minimum atomic E-state index is -0.292.